The van der Waals surface area contributed by atoms with E-state index in [1.807, 2.05) is 6.92 Å². The zero-order valence-electron chi connectivity index (χ0n) is 14.4. The number of aromatic amines is 1. The Morgan fingerprint density at radius 2 is 1.96 bits per heavy atom. The van der Waals surface area contributed by atoms with E-state index in [9.17, 15) is 9.18 Å². The maximum absolute atomic E-state index is 13.8. The van der Waals surface area contributed by atoms with E-state index < -0.39 is 0 Å². The zero-order valence-corrected chi connectivity index (χ0v) is 15.2. The van der Waals surface area contributed by atoms with E-state index in [1.165, 1.54) is 17.8 Å². The third-order valence-corrected chi connectivity index (χ3v) is 4.66. The molecule has 5 nitrogen and oxygen atoms in total. The van der Waals surface area contributed by atoms with Crippen LogP contribution in [-0.4, -0.2) is 32.8 Å². The monoisotopic (exact) mass is 371 g/mol. The van der Waals surface area contributed by atoms with Crippen molar-refractivity contribution in [3.8, 4) is 17.1 Å². The summed E-state index contributed by atoms with van der Waals surface area (Å²) < 4.78 is 19.2. The molecule has 2 aromatic carbocycles. The van der Waals surface area contributed by atoms with Crippen LogP contribution in [0.5, 0.6) is 5.75 Å². The van der Waals surface area contributed by atoms with Crippen LogP contribution in [0.25, 0.3) is 11.4 Å². The summed E-state index contributed by atoms with van der Waals surface area (Å²) >= 11 is 1.23. The van der Waals surface area contributed by atoms with E-state index in [1.54, 1.807) is 49.4 Å². The number of nitrogens with one attached hydrogen (secondary N) is 1. The molecule has 3 aromatic rings. The summed E-state index contributed by atoms with van der Waals surface area (Å²) in [5, 5.41) is 6.82. The molecular formula is C19H18FN3O2S. The van der Waals surface area contributed by atoms with Gasteiger partial charge in [-0.05, 0) is 50.2 Å². The van der Waals surface area contributed by atoms with Crippen molar-refractivity contribution in [1.82, 2.24) is 15.2 Å². The van der Waals surface area contributed by atoms with Crippen LogP contribution in [0, 0.1) is 5.82 Å². The molecule has 0 bridgehead atoms. The van der Waals surface area contributed by atoms with Crippen molar-refractivity contribution in [2.75, 3.05) is 6.61 Å². The van der Waals surface area contributed by atoms with Gasteiger partial charge in [0, 0.05) is 5.56 Å². The van der Waals surface area contributed by atoms with E-state index in [2.05, 4.69) is 15.2 Å². The summed E-state index contributed by atoms with van der Waals surface area (Å²) in [6, 6.07) is 13.4. The van der Waals surface area contributed by atoms with Gasteiger partial charge in [-0.2, -0.15) is 0 Å². The number of ketones is 1. The number of hydrogen-bond acceptors (Lipinski definition) is 5. The predicted octanol–water partition coefficient (Wildman–Crippen LogP) is 4.37. The fourth-order valence-electron chi connectivity index (χ4n) is 2.40. The van der Waals surface area contributed by atoms with Crippen LogP contribution < -0.4 is 4.74 Å². The molecule has 0 aliphatic rings. The zero-order chi connectivity index (χ0) is 18.5. The maximum atomic E-state index is 13.8. The molecular weight excluding hydrogens is 353 g/mol. The van der Waals surface area contributed by atoms with Gasteiger partial charge in [0.05, 0.1) is 17.4 Å². The number of aromatic nitrogens is 3. The second-order valence-electron chi connectivity index (χ2n) is 5.53. The quantitative estimate of drug-likeness (QED) is 0.493. The smallest absolute Gasteiger partial charge is 0.209 e. The number of hydrogen-bond donors (Lipinski definition) is 1. The second kappa shape index (κ2) is 8.14. The maximum Gasteiger partial charge on any atom is 0.209 e. The first-order valence-electron chi connectivity index (χ1n) is 8.19. The van der Waals surface area contributed by atoms with E-state index in [4.69, 9.17) is 4.74 Å². The average molecular weight is 371 g/mol. The summed E-state index contributed by atoms with van der Waals surface area (Å²) in [5.41, 5.74) is 0.940. The summed E-state index contributed by atoms with van der Waals surface area (Å²) in [6.07, 6.45) is 0. The molecule has 0 aliphatic carbocycles. The third kappa shape index (κ3) is 4.11. The van der Waals surface area contributed by atoms with Gasteiger partial charge >= 0.3 is 0 Å². The minimum Gasteiger partial charge on any atom is -0.494 e. The summed E-state index contributed by atoms with van der Waals surface area (Å²) in [7, 11) is 0. The lowest BCUT2D eigenvalue weighted by Gasteiger charge is -2.09. The SMILES string of the molecule is CCOc1ccc(C(=O)[C@H](C)Sc2n[nH]c(-c3ccccc3F)n2)cc1. The lowest BCUT2D eigenvalue weighted by atomic mass is 10.1. The Bertz CT molecular complexity index is 896. The molecule has 0 aliphatic heterocycles. The highest BCUT2D eigenvalue weighted by atomic mass is 32.2. The molecule has 26 heavy (non-hydrogen) atoms. The van der Waals surface area contributed by atoms with E-state index in [0.717, 1.165) is 5.75 Å². The number of Topliss-reactive ketones (excluding diaryl/α,β-unsaturated/α-hetero) is 1. The molecule has 1 aromatic heterocycles. The Labute approximate surface area is 155 Å². The largest absolute Gasteiger partial charge is 0.494 e. The van der Waals surface area contributed by atoms with Crippen molar-refractivity contribution in [1.29, 1.82) is 0 Å². The molecule has 0 amide bonds. The lowest BCUT2D eigenvalue weighted by molar-refractivity contribution is 0.0994. The van der Waals surface area contributed by atoms with E-state index in [-0.39, 0.29) is 16.9 Å². The first-order valence-corrected chi connectivity index (χ1v) is 9.07. The molecule has 1 heterocycles. The molecule has 0 spiro atoms. The Balaban J connectivity index is 1.69. The Morgan fingerprint density at radius 1 is 1.23 bits per heavy atom. The molecule has 0 saturated heterocycles. The predicted molar refractivity (Wildman–Crippen MR) is 99.0 cm³/mol. The molecule has 3 rings (SSSR count). The van der Waals surface area contributed by atoms with Gasteiger partial charge in [0.2, 0.25) is 5.16 Å². The number of carbonyl (C=O) groups excluding carboxylic acids is 1. The van der Waals surface area contributed by atoms with Crippen molar-refractivity contribution in [2.24, 2.45) is 0 Å². The highest BCUT2D eigenvalue weighted by Gasteiger charge is 2.19. The molecule has 1 N–H and O–H groups in total. The van der Waals surface area contributed by atoms with Crippen LogP contribution in [0.2, 0.25) is 0 Å². The first-order chi connectivity index (χ1) is 12.6. The van der Waals surface area contributed by atoms with Crippen molar-refractivity contribution in [3.63, 3.8) is 0 Å². The summed E-state index contributed by atoms with van der Waals surface area (Å²) in [6.45, 7) is 4.28. The van der Waals surface area contributed by atoms with E-state index in [0.29, 0.717) is 28.7 Å². The highest BCUT2D eigenvalue weighted by molar-refractivity contribution is 8.00. The Morgan fingerprint density at radius 3 is 2.65 bits per heavy atom. The van der Waals surface area contributed by atoms with Gasteiger partial charge in [-0.25, -0.2) is 9.37 Å². The van der Waals surface area contributed by atoms with Crippen molar-refractivity contribution in [2.45, 2.75) is 24.3 Å². The summed E-state index contributed by atoms with van der Waals surface area (Å²) in [4.78, 5) is 16.8. The van der Waals surface area contributed by atoms with Crippen LogP contribution in [-0.2, 0) is 0 Å². The van der Waals surface area contributed by atoms with Crippen LogP contribution in [0.4, 0.5) is 4.39 Å². The molecule has 1 atom stereocenters. The van der Waals surface area contributed by atoms with Gasteiger partial charge in [-0.1, -0.05) is 23.9 Å². The first kappa shape index (κ1) is 18.1. The van der Waals surface area contributed by atoms with Crippen molar-refractivity contribution >= 4 is 17.5 Å². The number of halogens is 1. The van der Waals surface area contributed by atoms with Gasteiger partial charge in [0.15, 0.2) is 11.6 Å². The van der Waals surface area contributed by atoms with Crippen LogP contribution in [0.3, 0.4) is 0 Å². The Hall–Kier alpha value is -2.67. The fraction of sp³-hybridized carbons (Fsp3) is 0.211. The third-order valence-electron chi connectivity index (χ3n) is 3.70. The number of H-pyrrole nitrogens is 1. The number of ether oxygens (including phenoxy) is 1. The number of benzene rings is 2. The van der Waals surface area contributed by atoms with Crippen molar-refractivity contribution in [3.05, 3.63) is 59.9 Å². The molecule has 7 heteroatoms. The van der Waals surface area contributed by atoms with Crippen LogP contribution >= 0.6 is 11.8 Å². The molecule has 0 fully saturated rings. The Kier molecular flexibility index (Phi) is 5.68. The van der Waals surface area contributed by atoms with Crippen molar-refractivity contribution < 1.29 is 13.9 Å². The minimum atomic E-state index is -0.378. The minimum absolute atomic E-state index is 0.0321. The number of thioether (sulfide) groups is 1. The van der Waals surface area contributed by atoms with E-state index >= 15 is 0 Å². The van der Waals surface area contributed by atoms with Gasteiger partial charge in [0.25, 0.3) is 0 Å². The van der Waals surface area contributed by atoms with Gasteiger partial charge < -0.3 is 4.74 Å². The highest BCUT2D eigenvalue weighted by Crippen LogP contribution is 2.26. The topological polar surface area (TPSA) is 67.9 Å². The molecule has 0 saturated carbocycles. The normalized spacial score (nSPS) is 12.0. The standard InChI is InChI=1S/C19H18FN3O2S/c1-3-25-14-10-8-13(9-11-14)17(24)12(2)26-19-21-18(22-23-19)15-6-4-5-7-16(15)20/h4-12H,3H2,1-2H3,(H,21,22,23)/t12-/m0/s1. The molecule has 0 radical (unpaired) electrons. The number of nitrogens with zero attached hydrogens (tertiary/aromatic N) is 2. The molecule has 0 unspecified atom stereocenters. The number of carbonyl (C=O) groups is 1. The molecule has 134 valence electrons. The number of rotatable bonds is 7. The fourth-order valence-corrected chi connectivity index (χ4v) is 3.20. The van der Waals surface area contributed by atoms with Gasteiger partial charge in [0.1, 0.15) is 11.6 Å². The van der Waals surface area contributed by atoms with Crippen LogP contribution in [0.15, 0.2) is 53.7 Å². The average Bonchev–Trinajstić information content (AvgIpc) is 3.10. The lowest BCUT2D eigenvalue weighted by Crippen LogP contribution is -2.13. The van der Waals surface area contributed by atoms with Gasteiger partial charge in [-0.15, -0.1) is 5.10 Å². The van der Waals surface area contributed by atoms with Gasteiger partial charge in [-0.3, -0.25) is 9.89 Å². The summed E-state index contributed by atoms with van der Waals surface area (Å²) in [5.74, 6) is 0.660. The van der Waals surface area contributed by atoms with Crippen LogP contribution in [0.1, 0.15) is 24.2 Å². The second-order valence-corrected chi connectivity index (χ2v) is 6.84.